The number of rotatable bonds is 6. The SMILES string of the molecule is CN=S(=O)(c1ccccc1)[C@H](/C=C/C1CCCCC1)[C@H](O)C(C)C. The van der Waals surface area contributed by atoms with Gasteiger partial charge in [-0.2, -0.15) is 0 Å². The van der Waals surface area contributed by atoms with Crippen molar-refractivity contribution in [2.24, 2.45) is 16.2 Å². The van der Waals surface area contributed by atoms with E-state index in [9.17, 15) is 9.32 Å². The third-order valence-corrected chi connectivity index (χ3v) is 7.63. The molecule has 0 heterocycles. The second-order valence-electron chi connectivity index (χ2n) is 7.05. The van der Waals surface area contributed by atoms with Crippen LogP contribution in [0.15, 0.2) is 51.7 Å². The van der Waals surface area contributed by atoms with E-state index in [-0.39, 0.29) is 5.92 Å². The Kier molecular flexibility index (Phi) is 7.05. The van der Waals surface area contributed by atoms with Gasteiger partial charge in [-0.25, -0.2) is 8.57 Å². The van der Waals surface area contributed by atoms with E-state index in [0.717, 1.165) is 0 Å². The van der Waals surface area contributed by atoms with E-state index >= 15 is 0 Å². The van der Waals surface area contributed by atoms with Crippen LogP contribution in [0, 0.1) is 11.8 Å². The third-order valence-electron chi connectivity index (χ3n) is 4.96. The van der Waals surface area contributed by atoms with Gasteiger partial charge in [-0.1, -0.05) is 63.5 Å². The van der Waals surface area contributed by atoms with Crippen molar-refractivity contribution < 1.29 is 9.32 Å². The van der Waals surface area contributed by atoms with Crippen molar-refractivity contribution in [1.82, 2.24) is 0 Å². The molecule has 1 aromatic rings. The number of aliphatic hydroxyl groups is 1. The van der Waals surface area contributed by atoms with Crippen molar-refractivity contribution in [2.75, 3.05) is 7.05 Å². The molecule has 134 valence electrons. The molecule has 1 fully saturated rings. The van der Waals surface area contributed by atoms with Crippen LogP contribution in [0.5, 0.6) is 0 Å². The Morgan fingerprint density at radius 3 is 2.33 bits per heavy atom. The zero-order chi connectivity index (χ0) is 17.6. The van der Waals surface area contributed by atoms with Crippen molar-refractivity contribution in [3.63, 3.8) is 0 Å². The minimum Gasteiger partial charge on any atom is -0.391 e. The molecule has 1 unspecified atom stereocenters. The van der Waals surface area contributed by atoms with Crippen molar-refractivity contribution >= 4 is 9.73 Å². The van der Waals surface area contributed by atoms with Crippen molar-refractivity contribution in [2.45, 2.75) is 62.2 Å². The third kappa shape index (κ3) is 4.48. The van der Waals surface area contributed by atoms with Gasteiger partial charge in [0.15, 0.2) is 0 Å². The molecule has 3 atom stereocenters. The summed E-state index contributed by atoms with van der Waals surface area (Å²) in [4.78, 5) is 0.700. The molecule has 0 amide bonds. The highest BCUT2D eigenvalue weighted by Gasteiger charge is 2.31. The highest BCUT2D eigenvalue weighted by atomic mass is 32.2. The minimum atomic E-state index is -2.70. The Morgan fingerprint density at radius 1 is 1.17 bits per heavy atom. The van der Waals surface area contributed by atoms with Crippen LogP contribution in [0.2, 0.25) is 0 Å². The van der Waals surface area contributed by atoms with Crippen molar-refractivity contribution in [3.05, 3.63) is 42.5 Å². The second-order valence-corrected chi connectivity index (χ2v) is 9.56. The molecule has 0 spiro atoms. The summed E-state index contributed by atoms with van der Waals surface area (Å²) in [6.07, 6.45) is 9.71. The molecule has 0 aromatic heterocycles. The fourth-order valence-electron chi connectivity index (χ4n) is 3.38. The molecule has 1 N–H and O–H groups in total. The van der Waals surface area contributed by atoms with Gasteiger partial charge in [-0.3, -0.25) is 0 Å². The topological polar surface area (TPSA) is 49.7 Å². The molecule has 0 radical (unpaired) electrons. The summed E-state index contributed by atoms with van der Waals surface area (Å²) in [6.45, 7) is 3.93. The molecule has 1 aromatic carbocycles. The Labute approximate surface area is 147 Å². The Hall–Kier alpha value is -1.13. The van der Waals surface area contributed by atoms with Crippen LogP contribution in [0.1, 0.15) is 46.0 Å². The summed E-state index contributed by atoms with van der Waals surface area (Å²) in [5.74, 6) is 0.564. The predicted molar refractivity (Wildman–Crippen MR) is 102 cm³/mol. The van der Waals surface area contributed by atoms with Gasteiger partial charge in [0.2, 0.25) is 0 Å². The second kappa shape index (κ2) is 8.82. The summed E-state index contributed by atoms with van der Waals surface area (Å²) in [5, 5.41) is 10.3. The van der Waals surface area contributed by atoms with Gasteiger partial charge in [-0.15, -0.1) is 0 Å². The first-order chi connectivity index (χ1) is 11.5. The predicted octanol–water partition coefficient (Wildman–Crippen LogP) is 4.67. The van der Waals surface area contributed by atoms with Crippen LogP contribution < -0.4 is 0 Å². The van der Waals surface area contributed by atoms with Crippen molar-refractivity contribution in [1.29, 1.82) is 0 Å². The van der Waals surface area contributed by atoms with Crippen LogP contribution in [0.3, 0.4) is 0 Å². The molecular formula is C20H31NO2S. The number of hydrogen-bond donors (Lipinski definition) is 1. The highest BCUT2D eigenvalue weighted by Crippen LogP contribution is 2.28. The average Bonchev–Trinajstić information content (AvgIpc) is 2.62. The summed E-state index contributed by atoms with van der Waals surface area (Å²) in [7, 11) is -1.10. The smallest absolute Gasteiger partial charge is 0.0916 e. The fraction of sp³-hybridized carbons (Fsp3) is 0.600. The van der Waals surface area contributed by atoms with Gasteiger partial charge >= 0.3 is 0 Å². The van der Waals surface area contributed by atoms with Crippen LogP contribution in [-0.2, 0) is 9.73 Å². The fourth-order valence-corrected chi connectivity index (χ4v) is 5.69. The van der Waals surface area contributed by atoms with Gasteiger partial charge < -0.3 is 5.11 Å². The van der Waals surface area contributed by atoms with Crippen LogP contribution in [-0.4, -0.2) is 27.7 Å². The molecule has 1 aliphatic carbocycles. The van der Waals surface area contributed by atoms with E-state index in [2.05, 4.69) is 10.4 Å². The molecule has 3 nitrogen and oxygen atoms in total. The molecule has 24 heavy (non-hydrogen) atoms. The number of nitrogens with zero attached hydrogens (tertiary/aromatic N) is 1. The van der Waals surface area contributed by atoms with E-state index in [4.69, 9.17) is 0 Å². The lowest BCUT2D eigenvalue weighted by molar-refractivity contribution is 0.131. The Morgan fingerprint density at radius 2 is 1.79 bits per heavy atom. The maximum absolute atomic E-state index is 13.7. The van der Waals surface area contributed by atoms with E-state index in [0.29, 0.717) is 10.8 Å². The van der Waals surface area contributed by atoms with Gasteiger partial charge in [0.1, 0.15) is 0 Å². The molecular weight excluding hydrogens is 318 g/mol. The summed E-state index contributed by atoms with van der Waals surface area (Å²) < 4.78 is 18.0. The quantitative estimate of drug-likeness (QED) is 0.759. The van der Waals surface area contributed by atoms with Crippen LogP contribution in [0.4, 0.5) is 0 Å². The molecule has 2 rings (SSSR count). The zero-order valence-electron chi connectivity index (χ0n) is 15.1. The van der Waals surface area contributed by atoms with E-state index in [1.807, 2.05) is 50.3 Å². The minimum absolute atomic E-state index is 0.0253. The van der Waals surface area contributed by atoms with Gasteiger partial charge in [0.25, 0.3) is 0 Å². The lowest BCUT2D eigenvalue weighted by Crippen LogP contribution is -2.36. The van der Waals surface area contributed by atoms with Crippen molar-refractivity contribution in [3.8, 4) is 0 Å². The molecule has 4 heteroatoms. The molecule has 0 aliphatic heterocycles. The first-order valence-corrected chi connectivity index (χ1v) is 10.6. The van der Waals surface area contributed by atoms with Gasteiger partial charge in [-0.05, 0) is 36.8 Å². The van der Waals surface area contributed by atoms with Crippen LogP contribution in [0.25, 0.3) is 0 Å². The number of aliphatic hydroxyl groups excluding tert-OH is 1. The van der Waals surface area contributed by atoms with Crippen LogP contribution >= 0.6 is 0 Å². The molecule has 1 aliphatic rings. The first kappa shape index (κ1) is 19.2. The van der Waals surface area contributed by atoms with E-state index in [1.165, 1.54) is 32.1 Å². The zero-order valence-corrected chi connectivity index (χ0v) is 15.9. The standard InChI is InChI=1S/C20H31NO2S/c1-16(2)20(22)19(15-14-17-10-6-4-7-11-17)24(23,21-3)18-12-8-5-9-13-18/h5,8-9,12-17,19-20,22H,4,6-7,10-11H2,1-3H3/b15-14+/t19-,20-,24?/m1/s1. The van der Waals surface area contributed by atoms with E-state index < -0.39 is 21.1 Å². The summed E-state index contributed by atoms with van der Waals surface area (Å²) in [5.41, 5.74) is 0. The Bertz CT molecular complexity index is 639. The van der Waals surface area contributed by atoms with E-state index in [1.54, 1.807) is 7.05 Å². The summed E-state index contributed by atoms with van der Waals surface area (Å²) >= 11 is 0. The van der Waals surface area contributed by atoms with Gasteiger partial charge in [0.05, 0.1) is 21.1 Å². The molecule has 0 bridgehead atoms. The normalized spacial score (nSPS) is 21.5. The Balaban J connectivity index is 2.37. The average molecular weight is 350 g/mol. The molecule has 1 saturated carbocycles. The largest absolute Gasteiger partial charge is 0.391 e. The number of benzene rings is 1. The number of allylic oxidation sites excluding steroid dienone is 1. The monoisotopic (exact) mass is 349 g/mol. The first-order valence-electron chi connectivity index (χ1n) is 9.04. The van der Waals surface area contributed by atoms with Gasteiger partial charge in [0, 0.05) is 11.9 Å². The highest BCUT2D eigenvalue weighted by molar-refractivity contribution is 7.94. The summed E-state index contributed by atoms with van der Waals surface area (Å²) in [6, 6.07) is 9.37. The number of hydrogen-bond acceptors (Lipinski definition) is 3. The lowest BCUT2D eigenvalue weighted by Gasteiger charge is -2.27. The maximum atomic E-state index is 13.7. The lowest BCUT2D eigenvalue weighted by atomic mass is 9.88. The maximum Gasteiger partial charge on any atom is 0.0916 e. The molecule has 0 saturated heterocycles.